The number of hydrogen-bond donors (Lipinski definition) is 2. The highest BCUT2D eigenvalue weighted by Gasteiger charge is 2.07. The van der Waals surface area contributed by atoms with Gasteiger partial charge in [0.2, 0.25) is 0 Å². The lowest BCUT2D eigenvalue weighted by Crippen LogP contribution is -2.22. The lowest BCUT2D eigenvalue weighted by Gasteiger charge is -2.13. The van der Waals surface area contributed by atoms with E-state index in [1.54, 1.807) is 0 Å². The molecule has 0 spiro atoms. The lowest BCUT2D eigenvalue weighted by molar-refractivity contribution is 0.174. The fourth-order valence-corrected chi connectivity index (χ4v) is 1.96. The van der Waals surface area contributed by atoms with Crippen LogP contribution in [0.3, 0.4) is 0 Å². The van der Waals surface area contributed by atoms with Crippen LogP contribution in [0.4, 0.5) is 0 Å². The molecule has 2 N–H and O–H groups in total. The van der Waals surface area contributed by atoms with Crippen molar-refractivity contribution in [2.75, 3.05) is 13.1 Å². The smallest absolute Gasteiger partial charge is 0.0914 e. The van der Waals surface area contributed by atoms with Crippen molar-refractivity contribution in [2.24, 2.45) is 0 Å². The number of unbranched alkanes of at least 4 members (excludes halogenated alkanes) is 2. The van der Waals surface area contributed by atoms with Gasteiger partial charge < -0.3 is 10.4 Å². The van der Waals surface area contributed by atoms with Gasteiger partial charge in [0.15, 0.2) is 0 Å². The summed E-state index contributed by atoms with van der Waals surface area (Å²) >= 11 is 0. The van der Waals surface area contributed by atoms with Gasteiger partial charge in [0.25, 0.3) is 0 Å². The molecule has 2 heteroatoms. The standard InChI is InChI=1S/C16H27NO/c1-4-5-6-11-17-12-16(18)15-9-7-14(8-10-15)13(2)3/h7-10,13,16-18H,4-6,11-12H2,1-3H3. The van der Waals surface area contributed by atoms with Gasteiger partial charge in [-0.3, -0.25) is 0 Å². The molecule has 1 aromatic carbocycles. The largest absolute Gasteiger partial charge is 0.387 e. The SMILES string of the molecule is CCCCCNCC(O)c1ccc(C(C)C)cc1. The molecule has 0 saturated carbocycles. The first-order valence-corrected chi connectivity index (χ1v) is 7.13. The van der Waals surface area contributed by atoms with Gasteiger partial charge in [-0.1, -0.05) is 57.9 Å². The first-order chi connectivity index (χ1) is 8.65. The summed E-state index contributed by atoms with van der Waals surface area (Å²) in [5.74, 6) is 0.545. The zero-order chi connectivity index (χ0) is 13.4. The van der Waals surface area contributed by atoms with Gasteiger partial charge in [-0.25, -0.2) is 0 Å². The monoisotopic (exact) mass is 249 g/mol. The summed E-state index contributed by atoms with van der Waals surface area (Å²) in [6.45, 7) is 8.20. The molecule has 0 aliphatic carbocycles. The molecular weight excluding hydrogens is 222 g/mol. The van der Waals surface area contributed by atoms with E-state index in [1.165, 1.54) is 24.8 Å². The second kappa shape index (κ2) is 8.28. The second-order valence-corrected chi connectivity index (χ2v) is 5.25. The molecule has 0 heterocycles. The predicted octanol–water partition coefficient (Wildman–Crippen LogP) is 3.62. The molecule has 0 amide bonds. The van der Waals surface area contributed by atoms with Crippen LogP contribution in [0, 0.1) is 0 Å². The summed E-state index contributed by atoms with van der Waals surface area (Å²) in [4.78, 5) is 0. The van der Waals surface area contributed by atoms with Crippen LogP contribution in [0.2, 0.25) is 0 Å². The molecule has 0 aromatic heterocycles. The topological polar surface area (TPSA) is 32.3 Å². The van der Waals surface area contributed by atoms with Crippen LogP contribution in [0.1, 0.15) is 63.2 Å². The second-order valence-electron chi connectivity index (χ2n) is 5.25. The average molecular weight is 249 g/mol. The Kier molecular flexibility index (Phi) is 6.99. The minimum Gasteiger partial charge on any atom is -0.387 e. The van der Waals surface area contributed by atoms with Crippen LogP contribution in [0.25, 0.3) is 0 Å². The zero-order valence-corrected chi connectivity index (χ0v) is 11.9. The zero-order valence-electron chi connectivity index (χ0n) is 11.9. The first kappa shape index (κ1) is 15.2. The lowest BCUT2D eigenvalue weighted by atomic mass is 10.00. The number of nitrogens with one attached hydrogen (secondary N) is 1. The molecule has 0 saturated heterocycles. The molecule has 0 bridgehead atoms. The molecule has 1 aromatic rings. The highest BCUT2D eigenvalue weighted by atomic mass is 16.3. The van der Waals surface area contributed by atoms with E-state index in [2.05, 4.69) is 38.2 Å². The minimum atomic E-state index is -0.396. The maximum absolute atomic E-state index is 10.0. The molecule has 0 fully saturated rings. The molecular formula is C16H27NO. The third-order valence-electron chi connectivity index (χ3n) is 3.28. The van der Waals surface area contributed by atoms with Crippen molar-refractivity contribution in [1.29, 1.82) is 0 Å². The number of aliphatic hydroxyl groups excluding tert-OH is 1. The molecule has 102 valence electrons. The Labute approximate surface area is 111 Å². The van der Waals surface area contributed by atoms with Crippen molar-refractivity contribution in [3.05, 3.63) is 35.4 Å². The fraction of sp³-hybridized carbons (Fsp3) is 0.625. The fourth-order valence-electron chi connectivity index (χ4n) is 1.96. The third kappa shape index (κ3) is 5.19. The Hall–Kier alpha value is -0.860. The molecule has 1 unspecified atom stereocenters. The number of aliphatic hydroxyl groups is 1. The summed E-state index contributed by atoms with van der Waals surface area (Å²) in [6.07, 6.45) is 3.29. The van der Waals surface area contributed by atoms with E-state index in [-0.39, 0.29) is 0 Å². The Morgan fingerprint density at radius 3 is 2.22 bits per heavy atom. The van der Waals surface area contributed by atoms with E-state index in [9.17, 15) is 5.11 Å². The van der Waals surface area contributed by atoms with E-state index in [1.807, 2.05) is 12.1 Å². The summed E-state index contributed by atoms with van der Waals surface area (Å²) < 4.78 is 0. The van der Waals surface area contributed by atoms with Gasteiger partial charge in [0.05, 0.1) is 6.10 Å². The van der Waals surface area contributed by atoms with Crippen LogP contribution in [-0.2, 0) is 0 Å². The number of hydrogen-bond acceptors (Lipinski definition) is 2. The molecule has 2 nitrogen and oxygen atoms in total. The Morgan fingerprint density at radius 1 is 1.06 bits per heavy atom. The van der Waals surface area contributed by atoms with Crippen molar-refractivity contribution in [3.63, 3.8) is 0 Å². The van der Waals surface area contributed by atoms with Gasteiger partial charge in [-0.2, -0.15) is 0 Å². The maximum Gasteiger partial charge on any atom is 0.0914 e. The van der Waals surface area contributed by atoms with Gasteiger partial charge in [0, 0.05) is 6.54 Å². The van der Waals surface area contributed by atoms with Gasteiger partial charge in [-0.15, -0.1) is 0 Å². The van der Waals surface area contributed by atoms with Crippen molar-refractivity contribution in [3.8, 4) is 0 Å². The van der Waals surface area contributed by atoms with Crippen LogP contribution in [0.5, 0.6) is 0 Å². The molecule has 0 aliphatic rings. The van der Waals surface area contributed by atoms with Crippen molar-refractivity contribution < 1.29 is 5.11 Å². The first-order valence-electron chi connectivity index (χ1n) is 7.13. The molecule has 1 rings (SSSR count). The molecule has 0 aliphatic heterocycles. The van der Waals surface area contributed by atoms with Gasteiger partial charge in [0.1, 0.15) is 0 Å². The van der Waals surface area contributed by atoms with E-state index in [4.69, 9.17) is 0 Å². The van der Waals surface area contributed by atoms with Gasteiger partial charge in [-0.05, 0) is 30.0 Å². The predicted molar refractivity (Wildman–Crippen MR) is 77.9 cm³/mol. The summed E-state index contributed by atoms with van der Waals surface area (Å²) in [7, 11) is 0. The van der Waals surface area contributed by atoms with Gasteiger partial charge >= 0.3 is 0 Å². The van der Waals surface area contributed by atoms with Crippen LogP contribution >= 0.6 is 0 Å². The molecule has 1 atom stereocenters. The quantitative estimate of drug-likeness (QED) is 0.690. The normalized spacial score (nSPS) is 12.9. The highest BCUT2D eigenvalue weighted by Crippen LogP contribution is 2.18. The van der Waals surface area contributed by atoms with Crippen molar-refractivity contribution in [2.45, 2.75) is 52.1 Å². The van der Waals surface area contributed by atoms with Crippen LogP contribution in [0.15, 0.2) is 24.3 Å². The Bertz CT molecular complexity index is 318. The van der Waals surface area contributed by atoms with E-state index in [0.29, 0.717) is 12.5 Å². The highest BCUT2D eigenvalue weighted by molar-refractivity contribution is 5.26. The maximum atomic E-state index is 10.0. The summed E-state index contributed by atoms with van der Waals surface area (Å²) in [5, 5.41) is 13.3. The third-order valence-corrected chi connectivity index (χ3v) is 3.28. The van der Waals surface area contributed by atoms with Crippen LogP contribution in [-0.4, -0.2) is 18.2 Å². The number of rotatable bonds is 8. The molecule has 18 heavy (non-hydrogen) atoms. The van der Waals surface area contributed by atoms with Crippen LogP contribution < -0.4 is 5.32 Å². The summed E-state index contributed by atoms with van der Waals surface area (Å²) in [5.41, 5.74) is 2.32. The molecule has 0 radical (unpaired) electrons. The van der Waals surface area contributed by atoms with Crippen molar-refractivity contribution in [1.82, 2.24) is 5.32 Å². The van der Waals surface area contributed by atoms with E-state index >= 15 is 0 Å². The average Bonchev–Trinajstić information content (AvgIpc) is 2.38. The Balaban J connectivity index is 2.34. The van der Waals surface area contributed by atoms with E-state index in [0.717, 1.165) is 12.1 Å². The number of benzene rings is 1. The minimum absolute atomic E-state index is 0.396. The van der Waals surface area contributed by atoms with Crippen molar-refractivity contribution >= 4 is 0 Å². The summed E-state index contributed by atoms with van der Waals surface area (Å²) in [6, 6.07) is 8.29. The van der Waals surface area contributed by atoms with E-state index < -0.39 is 6.10 Å². The Morgan fingerprint density at radius 2 is 1.67 bits per heavy atom.